The summed E-state index contributed by atoms with van der Waals surface area (Å²) < 4.78 is 17.7. The molecule has 0 saturated carbocycles. The van der Waals surface area contributed by atoms with Crippen molar-refractivity contribution >= 4 is 11.8 Å². The molecule has 0 bridgehead atoms. The standard InChI is InChI=1S/C27H26N2O5/c1-17-10-12-18(13-11-17)26(30)28-22-15-32-25-23(16-33-24(22)25)29-27(31)19-6-5-9-21(14-19)34-20-7-3-2-4-8-20/h2-14,22-25H,15-16H2,1H3,(H,28,30)(H,29,31). The fraction of sp³-hybridized carbons (Fsp3) is 0.259. The third kappa shape index (κ3) is 4.81. The molecule has 0 aliphatic carbocycles. The van der Waals surface area contributed by atoms with E-state index in [4.69, 9.17) is 14.2 Å². The van der Waals surface area contributed by atoms with Crippen molar-refractivity contribution in [3.05, 3.63) is 95.6 Å². The summed E-state index contributed by atoms with van der Waals surface area (Å²) in [6.45, 7) is 2.63. The van der Waals surface area contributed by atoms with Crippen molar-refractivity contribution in [3.8, 4) is 11.5 Å². The Labute approximate surface area is 198 Å². The van der Waals surface area contributed by atoms with Crippen LogP contribution in [0, 0.1) is 6.92 Å². The molecule has 2 aliphatic rings. The summed E-state index contributed by atoms with van der Waals surface area (Å²) in [4.78, 5) is 25.5. The van der Waals surface area contributed by atoms with Crippen LogP contribution in [-0.2, 0) is 9.47 Å². The maximum atomic E-state index is 12.9. The molecule has 2 heterocycles. The summed E-state index contributed by atoms with van der Waals surface area (Å²) in [6, 6.07) is 23.3. The minimum Gasteiger partial charge on any atom is -0.457 e. The van der Waals surface area contributed by atoms with Gasteiger partial charge in [0.15, 0.2) is 0 Å². The average molecular weight is 459 g/mol. The number of carbonyl (C=O) groups is 2. The van der Waals surface area contributed by atoms with Gasteiger partial charge in [-0.15, -0.1) is 0 Å². The van der Waals surface area contributed by atoms with Gasteiger partial charge in [0.2, 0.25) is 0 Å². The van der Waals surface area contributed by atoms with E-state index < -0.39 is 0 Å². The maximum absolute atomic E-state index is 12.9. The van der Waals surface area contributed by atoms with Crippen LogP contribution in [0.25, 0.3) is 0 Å². The number of ether oxygens (including phenoxy) is 3. The van der Waals surface area contributed by atoms with Crippen molar-refractivity contribution in [1.82, 2.24) is 10.6 Å². The third-order valence-electron chi connectivity index (χ3n) is 6.08. The van der Waals surface area contributed by atoms with E-state index >= 15 is 0 Å². The van der Waals surface area contributed by atoms with E-state index in [2.05, 4.69) is 10.6 Å². The number of rotatable bonds is 6. The number of hydrogen-bond donors (Lipinski definition) is 2. The van der Waals surface area contributed by atoms with Gasteiger partial charge in [-0.05, 0) is 49.4 Å². The third-order valence-corrected chi connectivity index (χ3v) is 6.08. The quantitative estimate of drug-likeness (QED) is 0.591. The molecule has 7 heteroatoms. The lowest BCUT2D eigenvalue weighted by molar-refractivity contribution is 0.0628. The smallest absolute Gasteiger partial charge is 0.251 e. The van der Waals surface area contributed by atoms with Crippen LogP contribution in [0.3, 0.4) is 0 Å². The van der Waals surface area contributed by atoms with Gasteiger partial charge in [-0.25, -0.2) is 0 Å². The van der Waals surface area contributed by atoms with Crippen LogP contribution < -0.4 is 15.4 Å². The topological polar surface area (TPSA) is 85.9 Å². The van der Waals surface area contributed by atoms with Gasteiger partial charge in [0.1, 0.15) is 23.7 Å². The fourth-order valence-electron chi connectivity index (χ4n) is 4.28. The fourth-order valence-corrected chi connectivity index (χ4v) is 4.28. The number of nitrogens with one attached hydrogen (secondary N) is 2. The van der Waals surface area contributed by atoms with Crippen LogP contribution in [0.1, 0.15) is 26.3 Å². The normalized spacial score (nSPS) is 23.2. The molecule has 2 fully saturated rings. The second kappa shape index (κ2) is 9.67. The molecule has 0 radical (unpaired) electrons. The molecule has 3 aromatic carbocycles. The molecule has 2 aliphatic heterocycles. The van der Waals surface area contributed by atoms with Crippen LogP contribution in [0.2, 0.25) is 0 Å². The van der Waals surface area contributed by atoms with Crippen molar-refractivity contribution in [2.24, 2.45) is 0 Å². The Morgan fingerprint density at radius 2 is 1.32 bits per heavy atom. The SMILES string of the molecule is Cc1ccc(C(=O)NC2COC3C(NC(=O)c4cccc(Oc5ccccc5)c4)COC23)cc1. The molecule has 2 amide bonds. The maximum Gasteiger partial charge on any atom is 0.251 e. The highest BCUT2D eigenvalue weighted by molar-refractivity contribution is 5.95. The molecular weight excluding hydrogens is 432 g/mol. The van der Waals surface area contributed by atoms with E-state index in [1.807, 2.05) is 49.4 Å². The van der Waals surface area contributed by atoms with Crippen molar-refractivity contribution < 1.29 is 23.8 Å². The second-order valence-corrected chi connectivity index (χ2v) is 8.56. The minimum atomic E-state index is -0.323. The zero-order chi connectivity index (χ0) is 23.5. The van der Waals surface area contributed by atoms with Crippen LogP contribution in [0.15, 0.2) is 78.9 Å². The lowest BCUT2D eigenvalue weighted by Gasteiger charge is -2.18. The molecule has 2 N–H and O–H groups in total. The van der Waals surface area contributed by atoms with Gasteiger partial charge in [0, 0.05) is 11.1 Å². The Bertz CT molecular complexity index is 1170. The van der Waals surface area contributed by atoms with E-state index in [1.54, 1.807) is 36.4 Å². The largest absolute Gasteiger partial charge is 0.457 e. The predicted octanol–water partition coefficient (Wildman–Crippen LogP) is 3.48. The van der Waals surface area contributed by atoms with E-state index in [0.717, 1.165) is 5.56 Å². The summed E-state index contributed by atoms with van der Waals surface area (Å²) in [5.41, 5.74) is 2.17. The summed E-state index contributed by atoms with van der Waals surface area (Å²) in [5, 5.41) is 6.02. The van der Waals surface area contributed by atoms with Gasteiger partial charge in [-0.1, -0.05) is 42.0 Å². The van der Waals surface area contributed by atoms with Crippen LogP contribution >= 0.6 is 0 Å². The number of para-hydroxylation sites is 1. The molecule has 34 heavy (non-hydrogen) atoms. The highest BCUT2D eigenvalue weighted by atomic mass is 16.6. The van der Waals surface area contributed by atoms with Gasteiger partial charge in [0.05, 0.1) is 25.3 Å². The van der Waals surface area contributed by atoms with E-state index in [0.29, 0.717) is 35.8 Å². The van der Waals surface area contributed by atoms with Crippen molar-refractivity contribution in [2.75, 3.05) is 13.2 Å². The Morgan fingerprint density at radius 1 is 0.735 bits per heavy atom. The zero-order valence-electron chi connectivity index (χ0n) is 18.8. The number of fused-ring (bicyclic) bond motifs is 1. The monoisotopic (exact) mass is 458 g/mol. The number of hydrogen-bond acceptors (Lipinski definition) is 5. The first kappa shape index (κ1) is 22.1. The van der Waals surface area contributed by atoms with Gasteiger partial charge in [-0.2, -0.15) is 0 Å². The molecular formula is C27H26N2O5. The molecule has 2 saturated heterocycles. The highest BCUT2D eigenvalue weighted by Gasteiger charge is 2.48. The highest BCUT2D eigenvalue weighted by Crippen LogP contribution is 2.28. The van der Waals surface area contributed by atoms with E-state index in [-0.39, 0.29) is 36.1 Å². The molecule has 0 spiro atoms. The molecule has 3 aromatic rings. The van der Waals surface area contributed by atoms with Crippen LogP contribution in [-0.4, -0.2) is 49.3 Å². The number of carbonyl (C=O) groups excluding carboxylic acids is 2. The molecule has 4 unspecified atom stereocenters. The zero-order valence-corrected chi connectivity index (χ0v) is 18.8. The first-order chi connectivity index (χ1) is 16.6. The van der Waals surface area contributed by atoms with Crippen LogP contribution in [0.4, 0.5) is 0 Å². The summed E-state index contributed by atoms with van der Waals surface area (Å²) in [6.07, 6.45) is -0.636. The number of benzene rings is 3. The average Bonchev–Trinajstić information content (AvgIpc) is 3.43. The number of aryl methyl sites for hydroxylation is 1. The Kier molecular flexibility index (Phi) is 6.29. The van der Waals surface area contributed by atoms with Gasteiger partial charge in [0.25, 0.3) is 11.8 Å². The predicted molar refractivity (Wildman–Crippen MR) is 126 cm³/mol. The summed E-state index contributed by atoms with van der Waals surface area (Å²) in [5.74, 6) is 0.879. The molecule has 174 valence electrons. The summed E-state index contributed by atoms with van der Waals surface area (Å²) in [7, 11) is 0. The Balaban J connectivity index is 1.19. The molecule has 5 rings (SSSR count). The lowest BCUT2D eigenvalue weighted by atomic mass is 10.0. The Morgan fingerprint density at radius 3 is 1.97 bits per heavy atom. The minimum absolute atomic E-state index is 0.166. The van der Waals surface area contributed by atoms with E-state index in [1.165, 1.54) is 0 Å². The second-order valence-electron chi connectivity index (χ2n) is 8.56. The Hall–Kier alpha value is -3.68. The summed E-state index contributed by atoms with van der Waals surface area (Å²) >= 11 is 0. The molecule has 7 nitrogen and oxygen atoms in total. The molecule has 0 aromatic heterocycles. The van der Waals surface area contributed by atoms with Crippen molar-refractivity contribution in [1.29, 1.82) is 0 Å². The van der Waals surface area contributed by atoms with Gasteiger partial charge < -0.3 is 24.8 Å². The van der Waals surface area contributed by atoms with Crippen molar-refractivity contribution in [2.45, 2.75) is 31.2 Å². The van der Waals surface area contributed by atoms with Crippen LogP contribution in [0.5, 0.6) is 11.5 Å². The first-order valence-corrected chi connectivity index (χ1v) is 11.3. The van der Waals surface area contributed by atoms with Crippen molar-refractivity contribution in [3.63, 3.8) is 0 Å². The first-order valence-electron chi connectivity index (χ1n) is 11.3. The lowest BCUT2D eigenvalue weighted by Crippen LogP contribution is -2.46. The van der Waals surface area contributed by atoms with Gasteiger partial charge >= 0.3 is 0 Å². The van der Waals surface area contributed by atoms with Gasteiger partial charge in [-0.3, -0.25) is 9.59 Å². The molecule has 4 atom stereocenters. The number of amides is 2. The van der Waals surface area contributed by atoms with E-state index in [9.17, 15) is 9.59 Å².